The highest BCUT2D eigenvalue weighted by molar-refractivity contribution is 8.01. The quantitative estimate of drug-likeness (QED) is 0.363. The zero-order valence-electron chi connectivity index (χ0n) is 13.6. The fourth-order valence-electron chi connectivity index (χ4n) is 2.08. The van der Waals surface area contributed by atoms with Crippen molar-refractivity contribution in [2.24, 2.45) is 0 Å². The van der Waals surface area contributed by atoms with E-state index < -0.39 is 0 Å². The second-order valence-electron chi connectivity index (χ2n) is 5.02. The smallest absolute Gasteiger partial charge is 0.206 e. The number of nitrogens with zero attached hydrogens (tertiary/aromatic N) is 4. The number of allylic oxidation sites excluding steroid dienone is 1. The SMILES string of the molecule is CCNc1nnc(SC(C)/C(O)=C(\C#N)c2nc3ccccc3s2)s1. The average molecular weight is 390 g/mol. The van der Waals surface area contributed by atoms with Gasteiger partial charge in [0.25, 0.3) is 0 Å². The molecule has 6 nitrogen and oxygen atoms in total. The highest BCUT2D eigenvalue weighted by Gasteiger charge is 2.20. The molecule has 3 rings (SSSR count). The first kappa shape index (κ1) is 17.7. The number of aliphatic hydroxyl groups excluding tert-OH is 1. The van der Waals surface area contributed by atoms with Crippen molar-refractivity contribution in [3.8, 4) is 6.07 Å². The number of hydrogen-bond donors (Lipinski definition) is 2. The van der Waals surface area contributed by atoms with Crippen molar-refractivity contribution in [1.29, 1.82) is 5.26 Å². The Morgan fingerprint density at radius 3 is 2.88 bits per heavy atom. The molecule has 0 fully saturated rings. The van der Waals surface area contributed by atoms with Gasteiger partial charge in [-0.25, -0.2) is 4.98 Å². The normalized spacial score (nSPS) is 13.3. The van der Waals surface area contributed by atoms with E-state index in [1.807, 2.05) is 38.1 Å². The fourth-order valence-corrected chi connectivity index (χ4v) is 5.08. The van der Waals surface area contributed by atoms with Crippen LogP contribution in [0.3, 0.4) is 0 Å². The summed E-state index contributed by atoms with van der Waals surface area (Å²) in [6, 6.07) is 9.76. The number of thioether (sulfide) groups is 1. The Bertz CT molecular complexity index is 923. The summed E-state index contributed by atoms with van der Waals surface area (Å²) in [4.78, 5) is 4.46. The molecule has 0 radical (unpaired) electrons. The number of nitriles is 1. The molecule has 0 aliphatic heterocycles. The molecule has 2 aromatic heterocycles. The second kappa shape index (κ2) is 7.82. The van der Waals surface area contributed by atoms with Gasteiger partial charge >= 0.3 is 0 Å². The van der Waals surface area contributed by atoms with Crippen LogP contribution >= 0.6 is 34.4 Å². The standard InChI is InChI=1S/C16H15N5OS3/c1-3-18-15-20-21-16(25-15)23-9(2)13(22)10(8-17)14-19-11-6-4-5-7-12(11)24-14/h4-7,9,22H,3H2,1-2H3,(H,18,20)/b13-10-. The molecule has 1 aromatic carbocycles. The van der Waals surface area contributed by atoms with Crippen LogP contribution in [0.5, 0.6) is 0 Å². The van der Waals surface area contributed by atoms with E-state index in [2.05, 4.69) is 26.6 Å². The Morgan fingerprint density at radius 1 is 1.36 bits per heavy atom. The van der Waals surface area contributed by atoms with Crippen molar-refractivity contribution < 1.29 is 5.11 Å². The second-order valence-corrected chi connectivity index (χ2v) is 8.62. The zero-order chi connectivity index (χ0) is 17.8. The number of nitrogens with one attached hydrogen (secondary N) is 1. The molecular formula is C16H15N5OS3. The van der Waals surface area contributed by atoms with Crippen molar-refractivity contribution in [2.75, 3.05) is 11.9 Å². The van der Waals surface area contributed by atoms with E-state index in [0.29, 0.717) is 5.01 Å². The Morgan fingerprint density at radius 2 is 2.16 bits per heavy atom. The third-order valence-electron chi connectivity index (χ3n) is 3.27. The Kier molecular flexibility index (Phi) is 5.53. The van der Waals surface area contributed by atoms with Gasteiger partial charge in [-0.05, 0) is 26.0 Å². The minimum atomic E-state index is -0.330. The van der Waals surface area contributed by atoms with Gasteiger partial charge in [0.05, 0.1) is 15.5 Å². The molecule has 3 aromatic rings. The van der Waals surface area contributed by atoms with E-state index in [9.17, 15) is 10.4 Å². The molecule has 9 heteroatoms. The summed E-state index contributed by atoms with van der Waals surface area (Å²) in [5.74, 6) is 0.00626. The third kappa shape index (κ3) is 3.92. The molecule has 0 saturated carbocycles. The van der Waals surface area contributed by atoms with Gasteiger partial charge < -0.3 is 10.4 Å². The average Bonchev–Trinajstić information content (AvgIpc) is 3.22. The van der Waals surface area contributed by atoms with Gasteiger partial charge in [0.2, 0.25) is 5.13 Å². The number of hydrogen-bond acceptors (Lipinski definition) is 9. The van der Waals surface area contributed by atoms with Crippen LogP contribution in [0.4, 0.5) is 5.13 Å². The Balaban J connectivity index is 1.85. The van der Waals surface area contributed by atoms with Gasteiger partial charge in [-0.15, -0.1) is 21.5 Å². The number of aromatic nitrogens is 3. The van der Waals surface area contributed by atoms with Gasteiger partial charge in [0.15, 0.2) is 4.34 Å². The summed E-state index contributed by atoms with van der Waals surface area (Å²) in [6.45, 7) is 4.60. The van der Waals surface area contributed by atoms with Gasteiger partial charge in [0, 0.05) is 6.54 Å². The lowest BCUT2D eigenvalue weighted by Crippen LogP contribution is -2.03. The monoisotopic (exact) mass is 389 g/mol. The topological polar surface area (TPSA) is 94.7 Å². The van der Waals surface area contributed by atoms with Crippen LogP contribution in [0.25, 0.3) is 15.8 Å². The number of benzene rings is 1. The molecule has 128 valence electrons. The predicted octanol–water partition coefficient (Wildman–Crippen LogP) is 4.55. The van der Waals surface area contributed by atoms with Gasteiger partial charge in [-0.3, -0.25) is 0 Å². The van der Waals surface area contributed by atoms with Crippen LogP contribution in [0.2, 0.25) is 0 Å². The Hall–Kier alpha value is -2.15. The summed E-state index contributed by atoms with van der Waals surface area (Å²) < 4.78 is 1.72. The maximum atomic E-state index is 10.6. The molecule has 0 saturated heterocycles. The lowest BCUT2D eigenvalue weighted by atomic mass is 10.2. The summed E-state index contributed by atoms with van der Waals surface area (Å²) in [5, 5.41) is 32.3. The lowest BCUT2D eigenvalue weighted by molar-refractivity contribution is 0.402. The lowest BCUT2D eigenvalue weighted by Gasteiger charge is -2.09. The Labute approximate surface area is 157 Å². The number of rotatable bonds is 6. The van der Waals surface area contributed by atoms with E-state index in [-0.39, 0.29) is 16.6 Å². The van der Waals surface area contributed by atoms with E-state index in [1.165, 1.54) is 34.4 Å². The molecule has 25 heavy (non-hydrogen) atoms. The number of fused-ring (bicyclic) bond motifs is 1. The van der Waals surface area contributed by atoms with E-state index in [0.717, 1.165) is 26.2 Å². The molecule has 0 bridgehead atoms. The fraction of sp³-hybridized carbons (Fsp3) is 0.250. The van der Waals surface area contributed by atoms with Crippen LogP contribution in [-0.2, 0) is 0 Å². The first-order valence-electron chi connectivity index (χ1n) is 7.55. The highest BCUT2D eigenvalue weighted by Crippen LogP contribution is 2.35. The van der Waals surface area contributed by atoms with Crippen LogP contribution in [0.1, 0.15) is 18.9 Å². The molecule has 2 heterocycles. The van der Waals surface area contributed by atoms with Crippen molar-refractivity contribution in [3.63, 3.8) is 0 Å². The van der Waals surface area contributed by atoms with Crippen molar-refractivity contribution >= 4 is 55.4 Å². The maximum absolute atomic E-state index is 10.6. The number of anilines is 1. The van der Waals surface area contributed by atoms with Gasteiger partial charge in [-0.1, -0.05) is 35.2 Å². The molecule has 2 N–H and O–H groups in total. The minimum absolute atomic E-state index is 0.00626. The minimum Gasteiger partial charge on any atom is -0.510 e. The largest absolute Gasteiger partial charge is 0.510 e. The van der Waals surface area contributed by atoms with Crippen molar-refractivity contribution in [2.45, 2.75) is 23.4 Å². The highest BCUT2D eigenvalue weighted by atomic mass is 32.2. The van der Waals surface area contributed by atoms with Gasteiger partial charge in [-0.2, -0.15) is 5.26 Å². The molecule has 0 spiro atoms. The van der Waals surface area contributed by atoms with Crippen molar-refractivity contribution in [3.05, 3.63) is 35.0 Å². The first-order chi connectivity index (χ1) is 12.1. The van der Waals surface area contributed by atoms with Crippen LogP contribution in [0.15, 0.2) is 34.4 Å². The molecular weight excluding hydrogens is 374 g/mol. The molecule has 1 atom stereocenters. The molecule has 0 amide bonds. The summed E-state index contributed by atoms with van der Waals surface area (Å²) in [7, 11) is 0. The van der Waals surface area contributed by atoms with Crippen LogP contribution in [-0.4, -0.2) is 32.1 Å². The molecule has 0 aliphatic rings. The summed E-state index contributed by atoms with van der Waals surface area (Å²) in [6.07, 6.45) is 0. The van der Waals surface area contributed by atoms with Crippen LogP contribution in [0, 0.1) is 11.3 Å². The molecule has 0 aliphatic carbocycles. The summed E-state index contributed by atoms with van der Waals surface area (Å²) >= 11 is 4.19. The summed E-state index contributed by atoms with van der Waals surface area (Å²) in [5.41, 5.74) is 1.03. The van der Waals surface area contributed by atoms with E-state index in [4.69, 9.17) is 0 Å². The maximum Gasteiger partial charge on any atom is 0.206 e. The van der Waals surface area contributed by atoms with E-state index in [1.54, 1.807) is 0 Å². The van der Waals surface area contributed by atoms with Crippen LogP contribution < -0.4 is 5.32 Å². The predicted molar refractivity (Wildman–Crippen MR) is 104 cm³/mol. The third-order valence-corrected chi connectivity index (χ3v) is 6.40. The zero-order valence-corrected chi connectivity index (χ0v) is 16.0. The number of thiazole rings is 1. The van der Waals surface area contributed by atoms with Gasteiger partial charge in [0.1, 0.15) is 22.4 Å². The number of para-hydroxylation sites is 1. The number of aliphatic hydroxyl groups is 1. The van der Waals surface area contributed by atoms with E-state index >= 15 is 0 Å². The van der Waals surface area contributed by atoms with Crippen molar-refractivity contribution in [1.82, 2.24) is 15.2 Å². The first-order valence-corrected chi connectivity index (χ1v) is 10.1. The molecule has 1 unspecified atom stereocenters.